The molecule has 4 rings (SSSR count). The van der Waals surface area contributed by atoms with Gasteiger partial charge < -0.3 is 15.0 Å². The number of carbonyl (C=O) groups excluding carboxylic acids is 1. The molecule has 2 fully saturated rings. The van der Waals surface area contributed by atoms with E-state index in [2.05, 4.69) is 27.3 Å². The summed E-state index contributed by atoms with van der Waals surface area (Å²) in [5.74, 6) is 1.91. The molecule has 0 spiro atoms. The molecule has 1 aromatic carbocycles. The van der Waals surface area contributed by atoms with Crippen molar-refractivity contribution in [2.75, 3.05) is 26.7 Å². The Balaban J connectivity index is 0.00000140. The monoisotopic (exact) mass is 423 g/mol. The van der Waals surface area contributed by atoms with E-state index >= 15 is 0 Å². The third-order valence-corrected chi connectivity index (χ3v) is 5.61. The van der Waals surface area contributed by atoms with Crippen LogP contribution in [0.1, 0.15) is 33.4 Å². The van der Waals surface area contributed by atoms with E-state index in [1.165, 1.54) is 5.56 Å². The highest BCUT2D eigenvalue weighted by Crippen LogP contribution is 2.43. The summed E-state index contributed by atoms with van der Waals surface area (Å²) in [4.78, 5) is 19.8. The molecule has 2 aromatic rings. The van der Waals surface area contributed by atoms with Gasteiger partial charge in [0.15, 0.2) is 0 Å². The van der Waals surface area contributed by atoms with Gasteiger partial charge in [0, 0.05) is 42.5 Å². The van der Waals surface area contributed by atoms with Gasteiger partial charge in [-0.15, -0.1) is 24.8 Å². The van der Waals surface area contributed by atoms with E-state index in [1.54, 1.807) is 7.11 Å². The van der Waals surface area contributed by atoms with Gasteiger partial charge in [0.1, 0.15) is 5.75 Å². The van der Waals surface area contributed by atoms with Crippen LogP contribution in [0, 0.1) is 25.7 Å². The first kappa shape index (κ1) is 22.5. The Kier molecular flexibility index (Phi) is 7.32. The van der Waals surface area contributed by atoms with Crippen molar-refractivity contribution in [2.45, 2.75) is 19.9 Å². The van der Waals surface area contributed by atoms with Crippen molar-refractivity contribution in [1.29, 1.82) is 0 Å². The second kappa shape index (κ2) is 9.12. The molecule has 0 saturated carbocycles. The average Bonchev–Trinajstić information content (AvgIpc) is 3.21. The molecule has 152 valence electrons. The van der Waals surface area contributed by atoms with Crippen LogP contribution in [0.25, 0.3) is 0 Å². The summed E-state index contributed by atoms with van der Waals surface area (Å²) in [5, 5.41) is 3.49. The first-order chi connectivity index (χ1) is 12.6. The van der Waals surface area contributed by atoms with Crippen LogP contribution in [-0.4, -0.2) is 42.5 Å². The molecule has 0 aliphatic carbocycles. The number of hydrogen-bond acceptors (Lipinski definition) is 4. The fourth-order valence-electron chi connectivity index (χ4n) is 4.48. The number of benzene rings is 1. The van der Waals surface area contributed by atoms with Gasteiger partial charge in [-0.1, -0.05) is 12.1 Å². The number of amides is 1. The maximum atomic E-state index is 13.3. The predicted molar refractivity (Wildman–Crippen MR) is 115 cm³/mol. The lowest BCUT2D eigenvalue weighted by atomic mass is 9.89. The normalized spacial score (nSPS) is 22.8. The average molecular weight is 424 g/mol. The standard InChI is InChI=1S/C21H25N3O2.2ClH/c1-13-8-16(9-14(2)23-13)21(25)24-12-17-10-22-11-19(17)20(24)15-4-6-18(26-3)7-5-15;;/h4-9,17,19-20,22H,10-12H2,1-3H3;2*1H/t17-,19-,20-;;/m0../s1. The van der Waals surface area contributed by atoms with Crippen LogP contribution in [0.15, 0.2) is 36.4 Å². The van der Waals surface area contributed by atoms with E-state index in [9.17, 15) is 4.79 Å². The van der Waals surface area contributed by atoms with E-state index in [4.69, 9.17) is 4.74 Å². The second-order valence-corrected chi connectivity index (χ2v) is 7.40. The van der Waals surface area contributed by atoms with Crippen LogP contribution in [-0.2, 0) is 0 Å². The molecule has 3 atom stereocenters. The number of nitrogens with zero attached hydrogens (tertiary/aromatic N) is 2. The van der Waals surface area contributed by atoms with Gasteiger partial charge in [0.25, 0.3) is 5.91 Å². The van der Waals surface area contributed by atoms with Gasteiger partial charge in [0.2, 0.25) is 0 Å². The summed E-state index contributed by atoms with van der Waals surface area (Å²) in [6, 6.07) is 12.0. The maximum Gasteiger partial charge on any atom is 0.254 e. The summed E-state index contributed by atoms with van der Waals surface area (Å²) >= 11 is 0. The molecule has 2 saturated heterocycles. The lowest BCUT2D eigenvalue weighted by molar-refractivity contribution is 0.0713. The Morgan fingerprint density at radius 1 is 1.11 bits per heavy atom. The van der Waals surface area contributed by atoms with Gasteiger partial charge in [-0.2, -0.15) is 0 Å². The lowest BCUT2D eigenvalue weighted by Crippen LogP contribution is -2.34. The maximum absolute atomic E-state index is 13.3. The molecule has 0 unspecified atom stereocenters. The molecule has 5 nitrogen and oxygen atoms in total. The number of hydrogen-bond donors (Lipinski definition) is 1. The molecule has 1 N–H and O–H groups in total. The highest BCUT2D eigenvalue weighted by atomic mass is 35.5. The molecule has 1 aromatic heterocycles. The Morgan fingerprint density at radius 2 is 1.75 bits per heavy atom. The number of aryl methyl sites for hydroxylation is 2. The van der Waals surface area contributed by atoms with Crippen LogP contribution in [0.4, 0.5) is 0 Å². The molecule has 2 aliphatic heterocycles. The van der Waals surface area contributed by atoms with E-state index in [1.807, 2.05) is 38.1 Å². The van der Waals surface area contributed by atoms with Crippen molar-refractivity contribution in [3.8, 4) is 5.75 Å². The number of ether oxygens (including phenoxy) is 1. The second-order valence-electron chi connectivity index (χ2n) is 7.40. The minimum atomic E-state index is 0. The summed E-state index contributed by atoms with van der Waals surface area (Å²) < 4.78 is 5.29. The summed E-state index contributed by atoms with van der Waals surface area (Å²) in [5.41, 5.74) is 3.69. The third kappa shape index (κ3) is 4.12. The molecule has 3 heterocycles. The van der Waals surface area contributed by atoms with Crippen molar-refractivity contribution in [3.05, 3.63) is 58.9 Å². The fraction of sp³-hybridized carbons (Fsp3) is 0.429. The Labute approximate surface area is 178 Å². The molecule has 7 heteroatoms. The van der Waals surface area contributed by atoms with E-state index in [-0.39, 0.29) is 36.8 Å². The minimum absolute atomic E-state index is 0. The smallest absolute Gasteiger partial charge is 0.254 e. The first-order valence-electron chi connectivity index (χ1n) is 9.18. The summed E-state index contributed by atoms with van der Waals surface area (Å²) in [6.07, 6.45) is 0. The number of carbonyl (C=O) groups is 1. The van der Waals surface area contributed by atoms with Crippen LogP contribution >= 0.6 is 24.8 Å². The fourth-order valence-corrected chi connectivity index (χ4v) is 4.48. The number of halogens is 2. The zero-order valence-electron chi connectivity index (χ0n) is 16.3. The summed E-state index contributed by atoms with van der Waals surface area (Å²) in [7, 11) is 1.67. The number of rotatable bonds is 3. The Morgan fingerprint density at radius 3 is 2.36 bits per heavy atom. The third-order valence-electron chi connectivity index (χ3n) is 5.61. The lowest BCUT2D eigenvalue weighted by Gasteiger charge is -2.29. The number of nitrogens with one attached hydrogen (secondary N) is 1. The molecular formula is C21H27Cl2N3O2. The highest BCUT2D eigenvalue weighted by Gasteiger charge is 2.46. The number of pyridine rings is 1. The predicted octanol–water partition coefficient (Wildman–Crippen LogP) is 3.58. The van der Waals surface area contributed by atoms with Crippen LogP contribution in [0.5, 0.6) is 5.75 Å². The molecular weight excluding hydrogens is 397 g/mol. The van der Waals surface area contributed by atoms with Crippen molar-refractivity contribution in [2.24, 2.45) is 11.8 Å². The van der Waals surface area contributed by atoms with Crippen molar-refractivity contribution >= 4 is 30.7 Å². The van der Waals surface area contributed by atoms with Crippen molar-refractivity contribution in [3.63, 3.8) is 0 Å². The molecule has 0 bridgehead atoms. The molecule has 0 radical (unpaired) electrons. The van der Waals surface area contributed by atoms with E-state index in [0.29, 0.717) is 11.8 Å². The number of likely N-dealkylation sites (tertiary alicyclic amines) is 1. The van der Waals surface area contributed by atoms with Gasteiger partial charge in [-0.25, -0.2) is 0 Å². The highest BCUT2D eigenvalue weighted by molar-refractivity contribution is 5.95. The summed E-state index contributed by atoms with van der Waals surface area (Å²) in [6.45, 7) is 6.61. The van der Waals surface area contributed by atoms with Crippen LogP contribution < -0.4 is 10.1 Å². The Hall–Kier alpha value is -1.82. The van der Waals surface area contributed by atoms with Crippen LogP contribution in [0.2, 0.25) is 0 Å². The topological polar surface area (TPSA) is 54.5 Å². The number of methoxy groups -OCH3 is 1. The first-order valence-corrected chi connectivity index (χ1v) is 9.18. The van der Waals surface area contributed by atoms with Gasteiger partial charge >= 0.3 is 0 Å². The number of fused-ring (bicyclic) bond motifs is 1. The zero-order valence-corrected chi connectivity index (χ0v) is 18.0. The van der Waals surface area contributed by atoms with E-state index in [0.717, 1.165) is 42.3 Å². The number of aromatic nitrogens is 1. The molecule has 2 aliphatic rings. The minimum Gasteiger partial charge on any atom is -0.497 e. The van der Waals surface area contributed by atoms with E-state index < -0.39 is 0 Å². The SMILES string of the molecule is COc1ccc([C@H]2[C@H]3CNC[C@H]3CN2C(=O)c2cc(C)nc(C)c2)cc1.Cl.Cl. The van der Waals surface area contributed by atoms with Crippen molar-refractivity contribution in [1.82, 2.24) is 15.2 Å². The van der Waals surface area contributed by atoms with Gasteiger partial charge in [-0.3, -0.25) is 9.78 Å². The van der Waals surface area contributed by atoms with Crippen molar-refractivity contribution < 1.29 is 9.53 Å². The zero-order chi connectivity index (χ0) is 18.3. The molecule has 1 amide bonds. The van der Waals surface area contributed by atoms with Gasteiger partial charge in [-0.05, 0) is 49.6 Å². The quantitative estimate of drug-likeness (QED) is 0.819. The Bertz CT molecular complexity index is 809. The van der Waals surface area contributed by atoms with Gasteiger partial charge in [0.05, 0.1) is 13.2 Å². The van der Waals surface area contributed by atoms with Crippen LogP contribution in [0.3, 0.4) is 0 Å². The molecule has 28 heavy (non-hydrogen) atoms. The largest absolute Gasteiger partial charge is 0.497 e.